The molecule has 7 heteroatoms. The van der Waals surface area contributed by atoms with Crippen LogP contribution in [0.15, 0.2) is 66.3 Å². The Bertz CT molecular complexity index is 783. The highest BCUT2D eigenvalue weighted by Crippen LogP contribution is 2.20. The Balaban J connectivity index is 1.66. The number of hydrogen-bond acceptors (Lipinski definition) is 6. The summed E-state index contributed by atoms with van der Waals surface area (Å²) in [5, 5.41) is 3.33. The van der Waals surface area contributed by atoms with Gasteiger partial charge in [0.15, 0.2) is 5.82 Å². The fraction of sp³-hybridized carbons (Fsp3) is 0.0625. The minimum absolute atomic E-state index is 0.244. The number of hydrogen-bond donors (Lipinski definition) is 1. The second kappa shape index (κ2) is 7.46. The van der Waals surface area contributed by atoms with Crippen LogP contribution in [0.3, 0.4) is 0 Å². The van der Waals surface area contributed by atoms with Crippen molar-refractivity contribution in [1.29, 1.82) is 0 Å². The molecule has 3 rings (SSSR count). The van der Waals surface area contributed by atoms with Crippen molar-refractivity contribution in [2.45, 2.75) is 10.8 Å². The van der Waals surface area contributed by atoms with Crippen LogP contribution in [0.4, 0.5) is 5.82 Å². The third-order valence-corrected chi connectivity index (χ3v) is 3.85. The molecule has 0 saturated heterocycles. The first-order chi connectivity index (χ1) is 11.3. The molecule has 0 radical (unpaired) electrons. The molecule has 6 nitrogen and oxygen atoms in total. The van der Waals surface area contributed by atoms with E-state index in [1.54, 1.807) is 6.20 Å². The lowest BCUT2D eigenvalue weighted by Crippen LogP contribution is -2.15. The maximum Gasteiger partial charge on any atom is 0.277 e. The largest absolute Gasteiger partial charge is 0.304 e. The van der Waals surface area contributed by atoms with E-state index in [1.165, 1.54) is 42.1 Å². The van der Waals surface area contributed by atoms with Gasteiger partial charge in [0.05, 0.1) is 18.6 Å². The number of rotatable bonds is 5. The van der Waals surface area contributed by atoms with E-state index in [4.69, 9.17) is 0 Å². The molecule has 114 valence electrons. The van der Waals surface area contributed by atoms with E-state index >= 15 is 0 Å². The fourth-order valence-corrected chi connectivity index (χ4v) is 2.61. The third-order valence-electron chi connectivity index (χ3n) is 2.88. The molecular weight excluding hydrogens is 310 g/mol. The van der Waals surface area contributed by atoms with Gasteiger partial charge in [-0.05, 0) is 5.56 Å². The molecular formula is C16H13N5OS. The quantitative estimate of drug-likeness (QED) is 0.727. The predicted octanol–water partition coefficient (Wildman–Crippen LogP) is 2.81. The summed E-state index contributed by atoms with van der Waals surface area (Å²) in [5.74, 6) is 0.784. The van der Waals surface area contributed by atoms with Crippen molar-refractivity contribution in [3.05, 3.63) is 72.6 Å². The lowest BCUT2D eigenvalue weighted by molar-refractivity contribution is 0.102. The highest BCUT2D eigenvalue weighted by atomic mass is 32.2. The Kier molecular flexibility index (Phi) is 4.90. The molecule has 2 heterocycles. The van der Waals surface area contributed by atoms with Crippen LogP contribution >= 0.6 is 11.8 Å². The summed E-state index contributed by atoms with van der Waals surface area (Å²) >= 11 is 1.53. The number of thioether (sulfide) groups is 1. The molecule has 1 aromatic carbocycles. The zero-order chi connectivity index (χ0) is 15.9. The van der Waals surface area contributed by atoms with E-state index in [9.17, 15) is 4.79 Å². The Morgan fingerprint density at radius 1 is 1.04 bits per heavy atom. The topological polar surface area (TPSA) is 80.7 Å². The van der Waals surface area contributed by atoms with Crippen molar-refractivity contribution in [3.63, 3.8) is 0 Å². The molecule has 2 aromatic heterocycles. The Hall–Kier alpha value is -2.80. The Morgan fingerprint density at radius 2 is 1.91 bits per heavy atom. The summed E-state index contributed by atoms with van der Waals surface area (Å²) in [5.41, 5.74) is 1.43. The number of aromatic nitrogens is 4. The van der Waals surface area contributed by atoms with Gasteiger partial charge in [0.2, 0.25) is 0 Å². The van der Waals surface area contributed by atoms with Crippen LogP contribution in [0.25, 0.3) is 0 Å². The van der Waals surface area contributed by atoms with E-state index in [2.05, 4.69) is 25.3 Å². The number of anilines is 1. The van der Waals surface area contributed by atoms with Gasteiger partial charge in [-0.2, -0.15) is 0 Å². The smallest absolute Gasteiger partial charge is 0.277 e. The second-order valence-corrected chi connectivity index (χ2v) is 5.56. The van der Waals surface area contributed by atoms with E-state index < -0.39 is 0 Å². The number of nitrogens with zero attached hydrogens (tertiary/aromatic N) is 4. The van der Waals surface area contributed by atoms with Crippen molar-refractivity contribution in [1.82, 2.24) is 19.9 Å². The maximum atomic E-state index is 12.1. The van der Waals surface area contributed by atoms with Crippen LogP contribution in [-0.2, 0) is 5.75 Å². The van der Waals surface area contributed by atoms with Gasteiger partial charge in [-0.25, -0.2) is 9.97 Å². The number of nitrogens with one attached hydrogen (secondary N) is 1. The SMILES string of the molecule is O=C(Nc1cnccn1)c1cncc(SCc2ccccc2)n1. The maximum absolute atomic E-state index is 12.1. The molecule has 0 saturated carbocycles. The van der Waals surface area contributed by atoms with Crippen molar-refractivity contribution in [2.24, 2.45) is 0 Å². The van der Waals surface area contributed by atoms with E-state index in [-0.39, 0.29) is 11.6 Å². The van der Waals surface area contributed by atoms with E-state index in [0.717, 1.165) is 5.75 Å². The van der Waals surface area contributed by atoms with Gasteiger partial charge in [0, 0.05) is 18.1 Å². The number of carbonyl (C=O) groups is 1. The second-order valence-electron chi connectivity index (χ2n) is 4.56. The average molecular weight is 323 g/mol. The van der Waals surface area contributed by atoms with Gasteiger partial charge < -0.3 is 5.32 Å². The summed E-state index contributed by atoms with van der Waals surface area (Å²) in [4.78, 5) is 28.4. The van der Waals surface area contributed by atoms with Crippen LogP contribution in [0.5, 0.6) is 0 Å². The predicted molar refractivity (Wildman–Crippen MR) is 88.0 cm³/mol. The van der Waals surface area contributed by atoms with Crippen LogP contribution in [0.1, 0.15) is 16.1 Å². The minimum atomic E-state index is -0.361. The van der Waals surface area contributed by atoms with Gasteiger partial charge in [0.25, 0.3) is 5.91 Å². The summed E-state index contributed by atoms with van der Waals surface area (Å²) in [6, 6.07) is 10.1. The average Bonchev–Trinajstić information content (AvgIpc) is 2.62. The highest BCUT2D eigenvalue weighted by Gasteiger charge is 2.10. The van der Waals surface area contributed by atoms with Crippen LogP contribution in [-0.4, -0.2) is 25.8 Å². The summed E-state index contributed by atoms with van der Waals surface area (Å²) in [6.07, 6.45) is 7.59. The Labute approximate surface area is 137 Å². The molecule has 3 aromatic rings. The Morgan fingerprint density at radius 3 is 2.70 bits per heavy atom. The highest BCUT2D eigenvalue weighted by molar-refractivity contribution is 7.98. The molecule has 0 unspecified atom stereocenters. The molecule has 0 aliphatic heterocycles. The number of carbonyl (C=O) groups excluding carboxylic acids is 1. The van der Waals surface area contributed by atoms with Crippen LogP contribution in [0, 0.1) is 0 Å². The lowest BCUT2D eigenvalue weighted by atomic mass is 10.2. The first-order valence-electron chi connectivity index (χ1n) is 6.87. The van der Waals surface area contributed by atoms with Gasteiger partial charge in [-0.1, -0.05) is 30.3 Å². The number of benzene rings is 1. The minimum Gasteiger partial charge on any atom is -0.304 e. The molecule has 0 aliphatic carbocycles. The summed E-state index contributed by atoms with van der Waals surface area (Å²) in [7, 11) is 0. The first-order valence-corrected chi connectivity index (χ1v) is 7.86. The van der Waals surface area contributed by atoms with Gasteiger partial charge >= 0.3 is 0 Å². The van der Waals surface area contributed by atoms with Crippen molar-refractivity contribution in [2.75, 3.05) is 5.32 Å². The lowest BCUT2D eigenvalue weighted by Gasteiger charge is -2.05. The van der Waals surface area contributed by atoms with Crippen molar-refractivity contribution in [3.8, 4) is 0 Å². The molecule has 0 fully saturated rings. The molecule has 0 spiro atoms. The zero-order valence-electron chi connectivity index (χ0n) is 12.1. The summed E-state index contributed by atoms with van der Waals surface area (Å²) < 4.78 is 0. The molecule has 0 aliphatic rings. The first kappa shape index (κ1) is 15.1. The normalized spacial score (nSPS) is 10.3. The van der Waals surface area contributed by atoms with Crippen LogP contribution < -0.4 is 5.32 Å². The standard InChI is InChI=1S/C16H13N5OS/c22-16(21-14-9-17-6-7-19-14)13-8-18-10-15(20-13)23-11-12-4-2-1-3-5-12/h1-10H,11H2,(H,19,21,22). The van der Waals surface area contributed by atoms with Crippen LogP contribution in [0.2, 0.25) is 0 Å². The van der Waals surface area contributed by atoms with Gasteiger partial charge in [-0.15, -0.1) is 11.8 Å². The summed E-state index contributed by atoms with van der Waals surface area (Å²) in [6.45, 7) is 0. The zero-order valence-corrected chi connectivity index (χ0v) is 12.9. The monoisotopic (exact) mass is 323 g/mol. The molecule has 0 atom stereocenters. The van der Waals surface area contributed by atoms with Crippen molar-refractivity contribution < 1.29 is 4.79 Å². The van der Waals surface area contributed by atoms with Crippen molar-refractivity contribution >= 4 is 23.5 Å². The van der Waals surface area contributed by atoms with Gasteiger partial charge in [-0.3, -0.25) is 14.8 Å². The molecule has 1 amide bonds. The van der Waals surface area contributed by atoms with Gasteiger partial charge in [0.1, 0.15) is 10.7 Å². The molecule has 0 bridgehead atoms. The van der Waals surface area contributed by atoms with E-state index in [0.29, 0.717) is 10.8 Å². The fourth-order valence-electron chi connectivity index (χ4n) is 1.80. The number of amides is 1. The molecule has 23 heavy (non-hydrogen) atoms. The van der Waals surface area contributed by atoms with E-state index in [1.807, 2.05) is 30.3 Å². The molecule has 1 N–H and O–H groups in total. The third kappa shape index (κ3) is 4.33.